The van der Waals surface area contributed by atoms with E-state index in [1.54, 1.807) is 0 Å². The number of fused-ring (bicyclic) bond motifs is 3. The van der Waals surface area contributed by atoms with Crippen molar-refractivity contribution < 1.29 is 0 Å². The lowest BCUT2D eigenvalue weighted by Gasteiger charge is -2.44. The van der Waals surface area contributed by atoms with Crippen molar-refractivity contribution in [2.75, 3.05) is 36.7 Å². The van der Waals surface area contributed by atoms with Crippen molar-refractivity contribution in [1.82, 2.24) is 0 Å². The van der Waals surface area contributed by atoms with Gasteiger partial charge >= 0.3 is 0 Å². The zero-order valence-electron chi connectivity index (χ0n) is 17.1. The maximum Gasteiger partial charge on any atom is 0.0407 e. The summed E-state index contributed by atoms with van der Waals surface area (Å²) in [4.78, 5) is 5.36. The second-order valence-corrected chi connectivity index (χ2v) is 12.1. The fourth-order valence-corrected chi connectivity index (χ4v) is 7.64. The zero-order valence-corrected chi connectivity index (χ0v) is 17.9. The van der Waals surface area contributed by atoms with Crippen molar-refractivity contribution in [2.45, 2.75) is 29.1 Å². The van der Waals surface area contributed by atoms with E-state index in [1.165, 1.54) is 43.3 Å². The Labute approximate surface area is 169 Å². The molecule has 5 rings (SSSR count). The van der Waals surface area contributed by atoms with Crippen LogP contribution in [0.25, 0.3) is 0 Å². The Hall–Kier alpha value is -2.39. The van der Waals surface area contributed by atoms with Crippen LogP contribution >= 0.6 is 10.0 Å². The van der Waals surface area contributed by atoms with Crippen molar-refractivity contribution >= 4 is 21.4 Å². The Morgan fingerprint density at radius 2 is 1.68 bits per heavy atom. The van der Waals surface area contributed by atoms with Gasteiger partial charge in [0.2, 0.25) is 0 Å². The third kappa shape index (κ3) is 2.42. The highest BCUT2D eigenvalue weighted by atomic mass is 32.3. The number of aryl methyl sites for hydroxylation is 1. The van der Waals surface area contributed by atoms with Crippen LogP contribution in [-0.2, 0) is 6.42 Å². The van der Waals surface area contributed by atoms with Crippen LogP contribution in [0.2, 0.25) is 0 Å². The van der Waals surface area contributed by atoms with Gasteiger partial charge in [0.25, 0.3) is 0 Å². The molecule has 0 bridgehead atoms. The smallest absolute Gasteiger partial charge is 0.0407 e. The number of nitrogens with two attached hydrogens (primary N) is 1. The molecule has 0 aromatic heterocycles. The molecule has 144 valence electrons. The fourth-order valence-electron chi connectivity index (χ4n) is 5.03. The van der Waals surface area contributed by atoms with Crippen LogP contribution in [0.3, 0.4) is 0 Å². The quantitative estimate of drug-likeness (QED) is 0.554. The van der Waals surface area contributed by atoms with Crippen LogP contribution in [0.5, 0.6) is 0 Å². The lowest BCUT2D eigenvalue weighted by Crippen LogP contribution is -2.19. The Morgan fingerprint density at radius 3 is 2.46 bits per heavy atom. The molecular weight excluding hydrogens is 360 g/mol. The first kappa shape index (κ1) is 17.7. The summed E-state index contributed by atoms with van der Waals surface area (Å²) in [5.74, 6) is 0.281. The summed E-state index contributed by atoms with van der Waals surface area (Å²) in [6, 6.07) is 20.4. The minimum atomic E-state index is -1.13. The molecule has 0 aliphatic carbocycles. The predicted molar refractivity (Wildman–Crippen MR) is 122 cm³/mol. The molecule has 1 atom stereocenters. The maximum atomic E-state index is 6.25. The predicted octanol–water partition coefficient (Wildman–Crippen LogP) is 5.55. The van der Waals surface area contributed by atoms with Crippen molar-refractivity contribution in [3.05, 3.63) is 82.4 Å². The Morgan fingerprint density at radius 1 is 0.929 bits per heavy atom. The zero-order chi connectivity index (χ0) is 19.6. The first-order chi connectivity index (χ1) is 13.4. The highest BCUT2D eigenvalue weighted by Gasteiger charge is 2.37. The van der Waals surface area contributed by atoms with Gasteiger partial charge in [-0.3, -0.25) is 0 Å². The van der Waals surface area contributed by atoms with E-state index in [-0.39, 0.29) is 5.92 Å². The lowest BCUT2D eigenvalue weighted by atomic mass is 9.82. The monoisotopic (exact) mass is 388 g/mol. The van der Waals surface area contributed by atoms with Crippen LogP contribution in [-0.4, -0.2) is 26.1 Å². The topological polar surface area (TPSA) is 29.3 Å². The summed E-state index contributed by atoms with van der Waals surface area (Å²) in [5.41, 5.74) is 15.7. The van der Waals surface area contributed by atoms with Gasteiger partial charge in [0, 0.05) is 30.9 Å². The van der Waals surface area contributed by atoms with Crippen molar-refractivity contribution in [2.24, 2.45) is 0 Å². The van der Waals surface area contributed by atoms with Crippen molar-refractivity contribution in [1.29, 1.82) is 0 Å². The maximum absolute atomic E-state index is 6.25. The minimum Gasteiger partial charge on any atom is -0.399 e. The number of nitrogens with zero attached hydrogens (tertiary/aromatic N) is 1. The largest absolute Gasteiger partial charge is 0.399 e. The number of benzene rings is 3. The van der Waals surface area contributed by atoms with Gasteiger partial charge in [0.15, 0.2) is 0 Å². The summed E-state index contributed by atoms with van der Waals surface area (Å²) in [7, 11) is 1.09. The average Bonchev–Trinajstić information content (AvgIpc) is 3.03. The summed E-state index contributed by atoms with van der Waals surface area (Å²) in [6.07, 6.45) is 6.00. The van der Waals surface area contributed by atoms with E-state index in [2.05, 4.69) is 86.0 Å². The molecule has 0 saturated heterocycles. The molecule has 2 aliphatic rings. The standard InChI is InChI=1S/C25H28N2S/c1-16-7-5-6-8-19(16)25-20-10-9-18(26)14-23(20)28(3,4)24-15-22-17(13-21(24)25)11-12-27(22)2/h5-10,13-15,25H,11-12,26H2,1-4H3. The number of nitrogen functional groups attached to an aromatic ring is 1. The van der Waals surface area contributed by atoms with Gasteiger partial charge in [-0.25, -0.2) is 0 Å². The van der Waals surface area contributed by atoms with Crippen molar-refractivity contribution in [3.8, 4) is 0 Å². The van der Waals surface area contributed by atoms with Crippen LogP contribution in [0.1, 0.15) is 33.7 Å². The molecule has 0 spiro atoms. The molecule has 3 aromatic carbocycles. The molecule has 0 radical (unpaired) electrons. The molecule has 2 N–H and O–H groups in total. The molecule has 0 fully saturated rings. The number of likely N-dealkylation sites (N-methyl/N-ethyl adjacent to an activating group) is 1. The van der Waals surface area contributed by atoms with Gasteiger partial charge in [-0.15, -0.1) is 0 Å². The second-order valence-electron chi connectivity index (χ2n) is 8.60. The number of rotatable bonds is 1. The fraction of sp³-hybridized carbons (Fsp3) is 0.280. The van der Waals surface area contributed by atoms with E-state index in [9.17, 15) is 0 Å². The third-order valence-corrected chi connectivity index (χ3v) is 9.50. The van der Waals surface area contributed by atoms with Gasteiger partial charge in [-0.1, -0.05) is 36.4 Å². The van der Waals surface area contributed by atoms with Gasteiger partial charge < -0.3 is 10.6 Å². The Bertz CT molecular complexity index is 1100. The van der Waals surface area contributed by atoms with Crippen LogP contribution in [0.4, 0.5) is 11.4 Å². The summed E-state index contributed by atoms with van der Waals surface area (Å²) in [6.45, 7) is 3.35. The molecule has 2 heterocycles. The van der Waals surface area contributed by atoms with Crippen LogP contribution in [0.15, 0.2) is 64.4 Å². The molecular formula is C25H28N2S. The highest BCUT2D eigenvalue weighted by Crippen LogP contribution is 2.66. The second kappa shape index (κ2) is 6.05. The summed E-state index contributed by atoms with van der Waals surface area (Å²) < 4.78 is 0. The third-order valence-electron chi connectivity index (χ3n) is 6.60. The van der Waals surface area contributed by atoms with Crippen LogP contribution < -0.4 is 10.6 Å². The Balaban J connectivity index is 1.86. The van der Waals surface area contributed by atoms with E-state index in [0.29, 0.717) is 0 Å². The van der Waals surface area contributed by atoms with Gasteiger partial charge in [0.1, 0.15) is 0 Å². The van der Waals surface area contributed by atoms with E-state index < -0.39 is 10.0 Å². The highest BCUT2D eigenvalue weighted by molar-refractivity contribution is 8.32. The van der Waals surface area contributed by atoms with Gasteiger partial charge in [-0.05, 0) is 81.7 Å². The number of hydrogen-bond acceptors (Lipinski definition) is 2. The molecule has 2 nitrogen and oxygen atoms in total. The van der Waals surface area contributed by atoms with Crippen molar-refractivity contribution in [3.63, 3.8) is 0 Å². The van der Waals surface area contributed by atoms with E-state index in [0.717, 1.165) is 18.7 Å². The number of hydrogen-bond donors (Lipinski definition) is 1. The first-order valence-corrected chi connectivity index (χ1v) is 12.4. The molecule has 3 aromatic rings. The SMILES string of the molecule is Cc1ccccc1C1c2ccc(N)cc2S(C)(C)c2cc3c(cc21)CCN3C. The van der Waals surface area contributed by atoms with E-state index in [1.807, 2.05) is 0 Å². The summed E-state index contributed by atoms with van der Waals surface area (Å²) >= 11 is 0. The first-order valence-electron chi connectivity index (χ1n) is 9.94. The average molecular weight is 389 g/mol. The van der Waals surface area contributed by atoms with Gasteiger partial charge in [0.05, 0.1) is 0 Å². The molecule has 2 aliphatic heterocycles. The Kier molecular flexibility index (Phi) is 3.82. The number of anilines is 2. The normalized spacial score (nSPS) is 20.3. The molecule has 0 saturated carbocycles. The molecule has 1 unspecified atom stereocenters. The lowest BCUT2D eigenvalue weighted by molar-refractivity contribution is 0.883. The summed E-state index contributed by atoms with van der Waals surface area (Å²) in [5, 5.41) is 0. The molecule has 28 heavy (non-hydrogen) atoms. The molecule has 3 heteroatoms. The molecule has 0 amide bonds. The van der Waals surface area contributed by atoms with Gasteiger partial charge in [-0.2, -0.15) is 10.0 Å². The minimum absolute atomic E-state index is 0.281. The van der Waals surface area contributed by atoms with E-state index >= 15 is 0 Å². The van der Waals surface area contributed by atoms with E-state index in [4.69, 9.17) is 5.73 Å². The van der Waals surface area contributed by atoms with Crippen LogP contribution in [0, 0.1) is 6.92 Å².